The van der Waals surface area contributed by atoms with Crippen LogP contribution in [0.15, 0.2) is 48.5 Å². The number of halogens is 1. The van der Waals surface area contributed by atoms with Gasteiger partial charge in [-0.1, -0.05) is 42.0 Å². The van der Waals surface area contributed by atoms with Gasteiger partial charge >= 0.3 is 0 Å². The zero-order valence-electron chi connectivity index (χ0n) is 11.5. The molecule has 0 saturated heterocycles. The molecule has 0 saturated carbocycles. The lowest BCUT2D eigenvalue weighted by Crippen LogP contribution is -2.19. The van der Waals surface area contributed by atoms with E-state index in [1.807, 2.05) is 13.1 Å². The van der Waals surface area contributed by atoms with Gasteiger partial charge in [0.15, 0.2) is 0 Å². The Kier molecular flexibility index (Phi) is 4.69. The van der Waals surface area contributed by atoms with E-state index >= 15 is 0 Å². The smallest absolute Gasteiger partial charge is 0.123 e. The van der Waals surface area contributed by atoms with Crippen LogP contribution in [0.1, 0.15) is 22.6 Å². The number of nitrogens with one attached hydrogen (secondary N) is 1. The van der Waals surface area contributed by atoms with Crippen LogP contribution in [-0.2, 0) is 6.42 Å². The van der Waals surface area contributed by atoms with Crippen molar-refractivity contribution in [1.82, 2.24) is 5.32 Å². The van der Waals surface area contributed by atoms with Crippen molar-refractivity contribution in [1.29, 1.82) is 0 Å². The first-order chi connectivity index (χ1) is 9.19. The highest BCUT2D eigenvalue weighted by Crippen LogP contribution is 2.21. The molecule has 19 heavy (non-hydrogen) atoms. The Labute approximate surface area is 114 Å². The average Bonchev–Trinajstić information content (AvgIpc) is 2.39. The van der Waals surface area contributed by atoms with Crippen LogP contribution in [0.4, 0.5) is 4.39 Å². The molecule has 0 aliphatic heterocycles. The van der Waals surface area contributed by atoms with Gasteiger partial charge in [0.05, 0.1) is 0 Å². The first-order valence-corrected chi connectivity index (χ1v) is 6.64. The maximum atomic E-state index is 13.2. The molecular weight excluding hydrogens is 237 g/mol. The molecule has 0 aliphatic rings. The van der Waals surface area contributed by atoms with Crippen molar-refractivity contribution in [3.63, 3.8) is 0 Å². The van der Waals surface area contributed by atoms with Crippen molar-refractivity contribution in [3.05, 3.63) is 71.0 Å². The van der Waals surface area contributed by atoms with E-state index in [-0.39, 0.29) is 5.82 Å². The summed E-state index contributed by atoms with van der Waals surface area (Å²) in [4.78, 5) is 0. The maximum absolute atomic E-state index is 13.2. The van der Waals surface area contributed by atoms with E-state index in [1.165, 1.54) is 17.2 Å². The third-order valence-electron chi connectivity index (χ3n) is 3.37. The molecule has 0 fully saturated rings. The highest BCUT2D eigenvalue weighted by molar-refractivity contribution is 5.27. The fourth-order valence-corrected chi connectivity index (χ4v) is 2.34. The van der Waals surface area contributed by atoms with Gasteiger partial charge in [0, 0.05) is 12.5 Å². The van der Waals surface area contributed by atoms with Crippen LogP contribution in [0.5, 0.6) is 0 Å². The van der Waals surface area contributed by atoms with E-state index in [1.54, 1.807) is 12.1 Å². The van der Waals surface area contributed by atoms with E-state index in [4.69, 9.17) is 0 Å². The molecule has 0 aliphatic carbocycles. The van der Waals surface area contributed by atoms with Gasteiger partial charge in [0.2, 0.25) is 0 Å². The molecule has 0 bridgehead atoms. The van der Waals surface area contributed by atoms with Gasteiger partial charge in [-0.2, -0.15) is 0 Å². The van der Waals surface area contributed by atoms with Crippen LogP contribution in [0.25, 0.3) is 0 Å². The summed E-state index contributed by atoms with van der Waals surface area (Å²) in [6.07, 6.45) is 0.849. The minimum Gasteiger partial charge on any atom is -0.319 e. The minimum atomic E-state index is -0.162. The summed E-state index contributed by atoms with van der Waals surface area (Å²) in [5.74, 6) is 0.206. The molecule has 2 heteroatoms. The van der Waals surface area contributed by atoms with E-state index in [0.717, 1.165) is 18.5 Å². The standard InChI is InChI=1S/C17H20FN/c1-13-6-8-15(9-7-13)16(12-19-2)10-14-4-3-5-17(18)11-14/h3-9,11,16,19H,10,12H2,1-2H3. The Balaban J connectivity index is 2.18. The van der Waals surface area contributed by atoms with Gasteiger partial charge in [-0.3, -0.25) is 0 Å². The lowest BCUT2D eigenvalue weighted by Gasteiger charge is -2.17. The van der Waals surface area contributed by atoms with Crippen LogP contribution >= 0.6 is 0 Å². The number of aryl methyl sites for hydroxylation is 1. The third-order valence-corrected chi connectivity index (χ3v) is 3.37. The van der Waals surface area contributed by atoms with E-state index in [9.17, 15) is 4.39 Å². The van der Waals surface area contributed by atoms with Crippen LogP contribution < -0.4 is 5.32 Å². The van der Waals surface area contributed by atoms with Crippen molar-refractivity contribution in [3.8, 4) is 0 Å². The van der Waals surface area contributed by atoms with Crippen molar-refractivity contribution in [2.45, 2.75) is 19.3 Å². The van der Waals surface area contributed by atoms with Gasteiger partial charge in [-0.05, 0) is 43.7 Å². The van der Waals surface area contributed by atoms with Crippen LogP contribution in [0.3, 0.4) is 0 Å². The highest BCUT2D eigenvalue weighted by atomic mass is 19.1. The number of hydrogen-bond donors (Lipinski definition) is 1. The fourth-order valence-electron chi connectivity index (χ4n) is 2.34. The van der Waals surface area contributed by atoms with Crippen LogP contribution in [0.2, 0.25) is 0 Å². The molecular formula is C17H20FN. The average molecular weight is 257 g/mol. The molecule has 1 N–H and O–H groups in total. The molecule has 100 valence electrons. The second-order valence-electron chi connectivity index (χ2n) is 5.00. The van der Waals surface area contributed by atoms with Crippen LogP contribution in [-0.4, -0.2) is 13.6 Å². The Bertz CT molecular complexity index is 519. The van der Waals surface area contributed by atoms with Crippen molar-refractivity contribution in [2.75, 3.05) is 13.6 Å². The molecule has 0 aromatic heterocycles. The van der Waals surface area contributed by atoms with Crippen molar-refractivity contribution in [2.24, 2.45) is 0 Å². The van der Waals surface area contributed by atoms with E-state index in [2.05, 4.69) is 36.5 Å². The van der Waals surface area contributed by atoms with Gasteiger partial charge in [0.25, 0.3) is 0 Å². The summed E-state index contributed by atoms with van der Waals surface area (Å²) < 4.78 is 13.2. The quantitative estimate of drug-likeness (QED) is 0.861. The zero-order chi connectivity index (χ0) is 13.7. The Morgan fingerprint density at radius 3 is 2.47 bits per heavy atom. The second-order valence-corrected chi connectivity index (χ2v) is 5.00. The largest absolute Gasteiger partial charge is 0.319 e. The first-order valence-electron chi connectivity index (χ1n) is 6.64. The van der Waals surface area contributed by atoms with Crippen molar-refractivity contribution >= 4 is 0 Å². The lowest BCUT2D eigenvalue weighted by atomic mass is 9.91. The minimum absolute atomic E-state index is 0.162. The summed E-state index contributed by atoms with van der Waals surface area (Å²) >= 11 is 0. The molecule has 0 spiro atoms. The highest BCUT2D eigenvalue weighted by Gasteiger charge is 2.11. The normalized spacial score (nSPS) is 12.4. The summed E-state index contributed by atoms with van der Waals surface area (Å²) in [6.45, 7) is 2.98. The summed E-state index contributed by atoms with van der Waals surface area (Å²) in [5.41, 5.74) is 3.60. The van der Waals surface area contributed by atoms with Crippen molar-refractivity contribution < 1.29 is 4.39 Å². The molecule has 1 atom stereocenters. The van der Waals surface area contributed by atoms with E-state index in [0.29, 0.717) is 5.92 Å². The molecule has 0 amide bonds. The number of likely N-dealkylation sites (N-methyl/N-ethyl adjacent to an activating group) is 1. The van der Waals surface area contributed by atoms with Gasteiger partial charge < -0.3 is 5.32 Å². The summed E-state index contributed by atoms with van der Waals surface area (Å²) in [6, 6.07) is 15.5. The zero-order valence-corrected chi connectivity index (χ0v) is 11.5. The Morgan fingerprint density at radius 2 is 1.84 bits per heavy atom. The predicted molar refractivity (Wildman–Crippen MR) is 78.0 cm³/mol. The summed E-state index contributed by atoms with van der Waals surface area (Å²) in [7, 11) is 1.95. The number of rotatable bonds is 5. The molecule has 0 heterocycles. The molecule has 2 aromatic rings. The fraction of sp³-hybridized carbons (Fsp3) is 0.294. The molecule has 2 rings (SSSR count). The van der Waals surface area contributed by atoms with Gasteiger partial charge in [-0.15, -0.1) is 0 Å². The predicted octanol–water partition coefficient (Wildman–Crippen LogP) is 3.68. The topological polar surface area (TPSA) is 12.0 Å². The molecule has 0 radical (unpaired) electrons. The second kappa shape index (κ2) is 6.48. The number of hydrogen-bond acceptors (Lipinski definition) is 1. The van der Waals surface area contributed by atoms with Gasteiger partial charge in [-0.25, -0.2) is 4.39 Å². The van der Waals surface area contributed by atoms with Crippen LogP contribution in [0, 0.1) is 12.7 Å². The SMILES string of the molecule is CNCC(Cc1cccc(F)c1)c1ccc(C)cc1. The number of benzene rings is 2. The Hall–Kier alpha value is -1.67. The molecule has 1 nitrogen and oxygen atoms in total. The third kappa shape index (κ3) is 3.90. The molecule has 1 unspecified atom stereocenters. The summed E-state index contributed by atoms with van der Waals surface area (Å²) in [5, 5.41) is 3.22. The first kappa shape index (κ1) is 13.8. The lowest BCUT2D eigenvalue weighted by molar-refractivity contribution is 0.608. The maximum Gasteiger partial charge on any atom is 0.123 e. The van der Waals surface area contributed by atoms with E-state index < -0.39 is 0 Å². The Morgan fingerprint density at radius 1 is 1.11 bits per heavy atom. The monoisotopic (exact) mass is 257 g/mol. The van der Waals surface area contributed by atoms with Gasteiger partial charge in [0.1, 0.15) is 5.82 Å². The molecule has 2 aromatic carbocycles.